The molecule has 2 N–H and O–H groups in total. The van der Waals surface area contributed by atoms with Crippen LogP contribution in [-0.2, 0) is 10.0 Å². The summed E-state index contributed by atoms with van der Waals surface area (Å²) in [6.45, 7) is 3.74. The van der Waals surface area contributed by atoms with Gasteiger partial charge < -0.3 is 5.11 Å². The highest BCUT2D eigenvalue weighted by Crippen LogP contribution is 2.21. The first-order valence-corrected chi connectivity index (χ1v) is 8.39. The van der Waals surface area contributed by atoms with Crippen molar-refractivity contribution in [3.63, 3.8) is 0 Å². The third-order valence-electron chi connectivity index (χ3n) is 3.18. The van der Waals surface area contributed by atoms with E-state index >= 15 is 0 Å². The molecule has 5 nitrogen and oxygen atoms in total. The first kappa shape index (κ1) is 15.9. The summed E-state index contributed by atoms with van der Waals surface area (Å²) in [5, 5.41) is 10.1. The van der Waals surface area contributed by atoms with E-state index in [0.717, 1.165) is 5.39 Å². The van der Waals surface area contributed by atoms with E-state index in [1.807, 2.05) is 26.0 Å². The summed E-state index contributed by atoms with van der Waals surface area (Å²) >= 11 is 0. The molecular weight excluding hydrogens is 288 g/mol. The van der Waals surface area contributed by atoms with Crippen molar-refractivity contribution < 1.29 is 13.5 Å². The van der Waals surface area contributed by atoms with Gasteiger partial charge in [0.1, 0.15) is 4.90 Å². The summed E-state index contributed by atoms with van der Waals surface area (Å²) in [6, 6.07) is 8.13. The minimum absolute atomic E-state index is 0.141. The molecule has 0 amide bonds. The maximum Gasteiger partial charge on any atom is 0.243 e. The molecule has 114 valence electrons. The van der Waals surface area contributed by atoms with Crippen LogP contribution in [0.5, 0.6) is 0 Å². The molecule has 1 atom stereocenters. The van der Waals surface area contributed by atoms with Crippen LogP contribution in [0.2, 0.25) is 0 Å². The number of para-hydroxylation sites is 1. The molecule has 0 spiro atoms. The molecule has 0 saturated carbocycles. The summed E-state index contributed by atoms with van der Waals surface area (Å²) in [4.78, 5) is 4.30. The minimum Gasteiger partial charge on any atom is -0.395 e. The summed E-state index contributed by atoms with van der Waals surface area (Å²) < 4.78 is 27.6. The van der Waals surface area contributed by atoms with Crippen LogP contribution < -0.4 is 4.72 Å². The molecular formula is C15H20N2O3S. The molecule has 0 saturated heterocycles. The van der Waals surface area contributed by atoms with Crippen molar-refractivity contribution in [1.82, 2.24) is 9.71 Å². The molecule has 0 bridgehead atoms. The maximum atomic E-state index is 12.5. The fourth-order valence-corrected chi connectivity index (χ4v) is 3.72. The lowest BCUT2D eigenvalue weighted by atomic mass is 10.1. The Kier molecular flexibility index (Phi) is 4.92. The van der Waals surface area contributed by atoms with Gasteiger partial charge in [0.05, 0.1) is 12.1 Å². The van der Waals surface area contributed by atoms with Gasteiger partial charge in [0.15, 0.2) is 0 Å². The van der Waals surface area contributed by atoms with E-state index in [0.29, 0.717) is 11.9 Å². The Bertz CT molecular complexity index is 708. The van der Waals surface area contributed by atoms with Crippen LogP contribution in [0.1, 0.15) is 20.3 Å². The number of aromatic nitrogens is 1. The van der Waals surface area contributed by atoms with Crippen molar-refractivity contribution >= 4 is 20.9 Å². The Labute approximate surface area is 125 Å². The van der Waals surface area contributed by atoms with Crippen LogP contribution in [0.25, 0.3) is 10.9 Å². The lowest BCUT2D eigenvalue weighted by molar-refractivity contribution is 0.240. The number of rotatable bonds is 6. The number of aliphatic hydroxyl groups excluding tert-OH is 1. The lowest BCUT2D eigenvalue weighted by Crippen LogP contribution is -2.38. The standard InChI is InChI=1S/C15H20N2O3S/c1-11(2)9-13(10-18)17-21(19,20)14-7-3-5-12-6-4-8-16-15(12)14/h3-8,11,13,17-18H,9-10H2,1-2H3. The Hall–Kier alpha value is -1.50. The fourth-order valence-electron chi connectivity index (χ4n) is 2.30. The monoisotopic (exact) mass is 308 g/mol. The number of hydrogen-bond acceptors (Lipinski definition) is 4. The van der Waals surface area contributed by atoms with Gasteiger partial charge in [-0.3, -0.25) is 4.98 Å². The number of nitrogens with one attached hydrogen (secondary N) is 1. The number of fused-ring (bicyclic) bond motifs is 1. The van der Waals surface area contributed by atoms with Crippen molar-refractivity contribution in [2.24, 2.45) is 5.92 Å². The molecule has 2 rings (SSSR count). The van der Waals surface area contributed by atoms with E-state index in [-0.39, 0.29) is 17.4 Å². The molecule has 6 heteroatoms. The zero-order valence-corrected chi connectivity index (χ0v) is 13.0. The average molecular weight is 308 g/mol. The van der Waals surface area contributed by atoms with Gasteiger partial charge in [-0.25, -0.2) is 13.1 Å². The van der Waals surface area contributed by atoms with Gasteiger partial charge in [-0.15, -0.1) is 0 Å². The molecule has 0 aliphatic heterocycles. The first-order valence-electron chi connectivity index (χ1n) is 6.91. The highest BCUT2D eigenvalue weighted by Gasteiger charge is 2.22. The molecule has 0 fully saturated rings. The molecule has 1 aromatic carbocycles. The zero-order chi connectivity index (χ0) is 15.5. The molecule has 0 aliphatic carbocycles. The Balaban J connectivity index is 2.38. The lowest BCUT2D eigenvalue weighted by Gasteiger charge is -2.18. The predicted octanol–water partition coefficient (Wildman–Crippen LogP) is 1.92. The number of aliphatic hydroxyl groups is 1. The molecule has 0 aliphatic rings. The van der Waals surface area contributed by atoms with Gasteiger partial charge in [0.2, 0.25) is 10.0 Å². The summed E-state index contributed by atoms with van der Waals surface area (Å²) in [5.41, 5.74) is 0.439. The first-order chi connectivity index (χ1) is 9.94. The van der Waals surface area contributed by atoms with E-state index in [1.54, 1.807) is 18.3 Å². The summed E-state index contributed by atoms with van der Waals surface area (Å²) in [5.74, 6) is 0.287. The average Bonchev–Trinajstić information content (AvgIpc) is 2.45. The van der Waals surface area contributed by atoms with Gasteiger partial charge in [-0.1, -0.05) is 32.0 Å². The predicted molar refractivity (Wildman–Crippen MR) is 82.4 cm³/mol. The van der Waals surface area contributed by atoms with Crippen molar-refractivity contribution in [3.05, 3.63) is 36.5 Å². The van der Waals surface area contributed by atoms with E-state index in [1.165, 1.54) is 6.07 Å². The molecule has 0 radical (unpaired) electrons. The second-order valence-corrected chi connectivity index (χ2v) is 7.14. The molecule has 21 heavy (non-hydrogen) atoms. The van der Waals surface area contributed by atoms with Crippen LogP contribution in [0, 0.1) is 5.92 Å². The third kappa shape index (κ3) is 3.78. The molecule has 2 aromatic rings. The summed E-state index contributed by atoms with van der Waals surface area (Å²) in [6.07, 6.45) is 2.15. The van der Waals surface area contributed by atoms with Crippen LogP contribution >= 0.6 is 0 Å². The van der Waals surface area contributed by atoms with E-state index in [4.69, 9.17) is 0 Å². The Morgan fingerprint density at radius 1 is 1.24 bits per heavy atom. The van der Waals surface area contributed by atoms with Crippen LogP contribution in [-0.4, -0.2) is 31.2 Å². The number of sulfonamides is 1. The van der Waals surface area contributed by atoms with Gasteiger partial charge in [-0.2, -0.15) is 0 Å². The molecule has 1 heterocycles. The smallest absolute Gasteiger partial charge is 0.243 e. The second-order valence-electron chi connectivity index (χ2n) is 5.46. The Morgan fingerprint density at radius 3 is 2.62 bits per heavy atom. The maximum absolute atomic E-state index is 12.5. The van der Waals surface area contributed by atoms with E-state index in [2.05, 4.69) is 9.71 Å². The van der Waals surface area contributed by atoms with Gasteiger partial charge >= 0.3 is 0 Å². The third-order valence-corrected chi connectivity index (χ3v) is 4.74. The highest BCUT2D eigenvalue weighted by atomic mass is 32.2. The number of pyridine rings is 1. The summed E-state index contributed by atoms with van der Waals surface area (Å²) in [7, 11) is -3.72. The topological polar surface area (TPSA) is 79.3 Å². The quantitative estimate of drug-likeness (QED) is 0.854. The van der Waals surface area contributed by atoms with Crippen molar-refractivity contribution in [3.8, 4) is 0 Å². The number of hydrogen-bond donors (Lipinski definition) is 2. The second kappa shape index (κ2) is 6.51. The molecule has 1 aromatic heterocycles. The largest absolute Gasteiger partial charge is 0.395 e. The Morgan fingerprint density at radius 2 is 1.95 bits per heavy atom. The fraction of sp³-hybridized carbons (Fsp3) is 0.400. The molecule has 1 unspecified atom stereocenters. The van der Waals surface area contributed by atoms with Crippen LogP contribution in [0.3, 0.4) is 0 Å². The van der Waals surface area contributed by atoms with Crippen molar-refractivity contribution in [1.29, 1.82) is 0 Å². The van der Waals surface area contributed by atoms with Gasteiger partial charge in [0.25, 0.3) is 0 Å². The van der Waals surface area contributed by atoms with Crippen LogP contribution in [0.4, 0.5) is 0 Å². The van der Waals surface area contributed by atoms with Gasteiger partial charge in [0, 0.05) is 17.6 Å². The highest BCUT2D eigenvalue weighted by molar-refractivity contribution is 7.89. The van der Waals surface area contributed by atoms with Crippen molar-refractivity contribution in [2.75, 3.05) is 6.61 Å². The normalized spacial score (nSPS) is 13.7. The SMILES string of the molecule is CC(C)CC(CO)NS(=O)(=O)c1cccc2cccnc12. The number of nitrogens with zero attached hydrogens (tertiary/aromatic N) is 1. The van der Waals surface area contributed by atoms with E-state index < -0.39 is 16.1 Å². The minimum atomic E-state index is -3.72. The van der Waals surface area contributed by atoms with Gasteiger partial charge in [-0.05, 0) is 24.5 Å². The zero-order valence-electron chi connectivity index (χ0n) is 12.2. The van der Waals surface area contributed by atoms with E-state index in [9.17, 15) is 13.5 Å². The van der Waals surface area contributed by atoms with Crippen LogP contribution in [0.15, 0.2) is 41.4 Å². The van der Waals surface area contributed by atoms with Crippen molar-refractivity contribution in [2.45, 2.75) is 31.2 Å². The number of benzene rings is 1.